The zero-order valence-corrected chi connectivity index (χ0v) is 10.2. The largest absolute Gasteiger partial charge is 0.398 e. The Morgan fingerprint density at radius 2 is 1.95 bits per heavy atom. The zero-order valence-electron chi connectivity index (χ0n) is 10.2. The molecule has 3 nitrogen and oxygen atoms in total. The molecule has 19 heavy (non-hydrogen) atoms. The second-order valence-corrected chi connectivity index (χ2v) is 4.12. The molecular formula is C14H12F2N2O. The number of rotatable bonds is 2. The van der Waals surface area contributed by atoms with E-state index in [2.05, 4.69) is 5.32 Å². The fourth-order valence-electron chi connectivity index (χ4n) is 1.71. The van der Waals surface area contributed by atoms with Crippen molar-refractivity contribution in [1.29, 1.82) is 0 Å². The molecule has 0 unspecified atom stereocenters. The third-order valence-corrected chi connectivity index (χ3v) is 2.72. The van der Waals surface area contributed by atoms with Crippen molar-refractivity contribution in [2.75, 3.05) is 11.1 Å². The molecule has 0 radical (unpaired) electrons. The molecule has 0 aromatic heterocycles. The number of halogens is 2. The Hall–Kier alpha value is -2.43. The minimum absolute atomic E-state index is 0.00601. The number of hydrogen-bond acceptors (Lipinski definition) is 2. The highest BCUT2D eigenvalue weighted by atomic mass is 19.1. The van der Waals surface area contributed by atoms with E-state index in [0.29, 0.717) is 5.56 Å². The predicted molar refractivity (Wildman–Crippen MR) is 69.9 cm³/mol. The number of carbonyl (C=O) groups excluding carboxylic acids is 1. The smallest absolute Gasteiger partial charge is 0.257 e. The summed E-state index contributed by atoms with van der Waals surface area (Å²) in [4.78, 5) is 12.0. The number of nitrogen functional groups attached to an aromatic ring is 1. The lowest BCUT2D eigenvalue weighted by atomic mass is 10.1. The van der Waals surface area contributed by atoms with Crippen LogP contribution in [0.25, 0.3) is 0 Å². The first-order valence-electron chi connectivity index (χ1n) is 5.60. The number of nitrogens with one attached hydrogen (secondary N) is 1. The molecule has 0 atom stereocenters. The summed E-state index contributed by atoms with van der Waals surface area (Å²) < 4.78 is 26.5. The molecule has 1 amide bonds. The quantitative estimate of drug-likeness (QED) is 0.817. The van der Waals surface area contributed by atoms with Gasteiger partial charge in [-0.15, -0.1) is 0 Å². The first-order valence-corrected chi connectivity index (χ1v) is 5.60. The minimum atomic E-state index is -0.578. The fraction of sp³-hybridized carbons (Fsp3) is 0.0714. The van der Waals surface area contributed by atoms with E-state index in [9.17, 15) is 13.6 Å². The van der Waals surface area contributed by atoms with Crippen LogP contribution in [0, 0.1) is 18.6 Å². The highest BCUT2D eigenvalue weighted by Crippen LogP contribution is 2.21. The molecule has 0 saturated carbocycles. The third-order valence-electron chi connectivity index (χ3n) is 2.72. The topological polar surface area (TPSA) is 55.1 Å². The van der Waals surface area contributed by atoms with E-state index in [1.165, 1.54) is 12.1 Å². The van der Waals surface area contributed by atoms with E-state index in [-0.39, 0.29) is 16.9 Å². The summed E-state index contributed by atoms with van der Waals surface area (Å²) in [6.45, 7) is 1.67. The molecule has 0 aliphatic carbocycles. The summed E-state index contributed by atoms with van der Waals surface area (Å²) in [5.74, 6) is -1.64. The summed E-state index contributed by atoms with van der Waals surface area (Å²) in [5, 5.41) is 2.44. The Morgan fingerprint density at radius 3 is 2.58 bits per heavy atom. The average Bonchev–Trinajstić information content (AvgIpc) is 2.33. The second kappa shape index (κ2) is 5.06. The normalized spacial score (nSPS) is 10.3. The Morgan fingerprint density at radius 1 is 1.21 bits per heavy atom. The monoisotopic (exact) mass is 262 g/mol. The van der Waals surface area contributed by atoms with Crippen LogP contribution >= 0.6 is 0 Å². The number of anilines is 2. The molecule has 0 aliphatic rings. The number of nitrogens with two attached hydrogens (primary N) is 1. The van der Waals surface area contributed by atoms with Crippen molar-refractivity contribution < 1.29 is 13.6 Å². The molecule has 0 saturated heterocycles. The standard InChI is InChI=1S/C14H12F2N2O/c1-8-3-2-4-11(16)13(8)18-14(19)10-6-5-9(15)7-12(10)17/h2-7H,17H2,1H3,(H,18,19). The van der Waals surface area contributed by atoms with Gasteiger partial charge in [0.05, 0.1) is 11.3 Å². The molecule has 5 heteroatoms. The van der Waals surface area contributed by atoms with Gasteiger partial charge in [-0.1, -0.05) is 12.1 Å². The number of aryl methyl sites for hydroxylation is 1. The van der Waals surface area contributed by atoms with E-state index in [4.69, 9.17) is 5.73 Å². The third kappa shape index (κ3) is 2.70. The molecule has 0 spiro atoms. The maximum absolute atomic E-state index is 13.6. The van der Waals surface area contributed by atoms with Gasteiger partial charge < -0.3 is 11.1 Å². The Balaban J connectivity index is 2.31. The Kier molecular flexibility index (Phi) is 3.46. The van der Waals surface area contributed by atoms with Gasteiger partial charge in [0, 0.05) is 5.69 Å². The van der Waals surface area contributed by atoms with E-state index in [0.717, 1.165) is 12.1 Å². The number of para-hydroxylation sites is 1. The fourth-order valence-corrected chi connectivity index (χ4v) is 1.71. The average molecular weight is 262 g/mol. The Bertz CT molecular complexity index is 621. The van der Waals surface area contributed by atoms with Crippen LogP contribution in [0.3, 0.4) is 0 Å². The zero-order chi connectivity index (χ0) is 14.0. The van der Waals surface area contributed by atoms with Gasteiger partial charge in [0.2, 0.25) is 0 Å². The molecule has 2 aromatic carbocycles. The lowest BCUT2D eigenvalue weighted by Crippen LogP contribution is -2.16. The SMILES string of the molecule is Cc1cccc(F)c1NC(=O)c1ccc(F)cc1N. The van der Waals surface area contributed by atoms with Gasteiger partial charge in [-0.25, -0.2) is 8.78 Å². The van der Waals surface area contributed by atoms with Crippen molar-refractivity contribution in [1.82, 2.24) is 0 Å². The maximum atomic E-state index is 13.6. The molecule has 0 fully saturated rings. The summed E-state index contributed by atoms with van der Waals surface area (Å²) in [6, 6.07) is 7.90. The highest BCUT2D eigenvalue weighted by molar-refractivity contribution is 6.08. The Labute approximate surface area is 109 Å². The lowest BCUT2D eigenvalue weighted by molar-refractivity contribution is 0.102. The molecule has 0 heterocycles. The van der Waals surface area contributed by atoms with Crippen molar-refractivity contribution in [3.8, 4) is 0 Å². The molecule has 0 bridgehead atoms. The molecule has 2 rings (SSSR count). The molecule has 0 aliphatic heterocycles. The maximum Gasteiger partial charge on any atom is 0.257 e. The van der Waals surface area contributed by atoms with Crippen LogP contribution in [-0.2, 0) is 0 Å². The van der Waals surface area contributed by atoms with Crippen LogP contribution in [0.5, 0.6) is 0 Å². The van der Waals surface area contributed by atoms with Crippen LogP contribution in [0.1, 0.15) is 15.9 Å². The van der Waals surface area contributed by atoms with Crippen LogP contribution in [0.15, 0.2) is 36.4 Å². The summed E-state index contributed by atoms with van der Waals surface area (Å²) in [6.07, 6.45) is 0. The summed E-state index contributed by atoms with van der Waals surface area (Å²) >= 11 is 0. The highest BCUT2D eigenvalue weighted by Gasteiger charge is 2.14. The predicted octanol–water partition coefficient (Wildman–Crippen LogP) is 3.11. The molecule has 2 aromatic rings. The van der Waals surface area contributed by atoms with Gasteiger partial charge in [0.15, 0.2) is 0 Å². The van der Waals surface area contributed by atoms with Crippen molar-refractivity contribution >= 4 is 17.3 Å². The number of benzene rings is 2. The number of hydrogen-bond donors (Lipinski definition) is 2. The number of carbonyl (C=O) groups is 1. The summed E-state index contributed by atoms with van der Waals surface area (Å²) in [5.41, 5.74) is 6.35. The van der Waals surface area contributed by atoms with Gasteiger partial charge in [0.25, 0.3) is 5.91 Å². The van der Waals surface area contributed by atoms with Crippen LogP contribution in [-0.4, -0.2) is 5.91 Å². The van der Waals surface area contributed by atoms with Crippen molar-refractivity contribution in [3.63, 3.8) is 0 Å². The summed E-state index contributed by atoms with van der Waals surface area (Å²) in [7, 11) is 0. The van der Waals surface area contributed by atoms with Crippen molar-refractivity contribution in [3.05, 3.63) is 59.2 Å². The lowest BCUT2D eigenvalue weighted by Gasteiger charge is -2.10. The number of amides is 1. The first-order chi connectivity index (χ1) is 8.99. The molecule has 3 N–H and O–H groups in total. The van der Waals surface area contributed by atoms with Gasteiger partial charge in [0.1, 0.15) is 11.6 Å². The van der Waals surface area contributed by atoms with Gasteiger partial charge in [-0.2, -0.15) is 0 Å². The van der Waals surface area contributed by atoms with Crippen molar-refractivity contribution in [2.45, 2.75) is 6.92 Å². The van der Waals surface area contributed by atoms with Gasteiger partial charge in [-0.3, -0.25) is 4.79 Å². The minimum Gasteiger partial charge on any atom is -0.398 e. The van der Waals surface area contributed by atoms with Crippen LogP contribution in [0.2, 0.25) is 0 Å². The van der Waals surface area contributed by atoms with Crippen molar-refractivity contribution in [2.24, 2.45) is 0 Å². The van der Waals surface area contributed by atoms with E-state index in [1.807, 2.05) is 0 Å². The van der Waals surface area contributed by atoms with Crippen LogP contribution < -0.4 is 11.1 Å². The van der Waals surface area contributed by atoms with E-state index in [1.54, 1.807) is 19.1 Å². The van der Waals surface area contributed by atoms with Crippen LogP contribution in [0.4, 0.5) is 20.2 Å². The molecular weight excluding hydrogens is 250 g/mol. The van der Waals surface area contributed by atoms with Gasteiger partial charge >= 0.3 is 0 Å². The second-order valence-electron chi connectivity index (χ2n) is 4.12. The van der Waals surface area contributed by atoms with E-state index >= 15 is 0 Å². The van der Waals surface area contributed by atoms with E-state index < -0.39 is 17.5 Å². The first kappa shape index (κ1) is 13.0. The van der Waals surface area contributed by atoms with Gasteiger partial charge in [-0.05, 0) is 36.8 Å². The molecule has 98 valence electrons.